The number of hydrogen-bond donors (Lipinski definition) is 1. The van der Waals surface area contributed by atoms with Gasteiger partial charge in [0.05, 0.1) is 0 Å². The molecule has 1 atom stereocenters. The van der Waals surface area contributed by atoms with Gasteiger partial charge < -0.3 is 5.32 Å². The van der Waals surface area contributed by atoms with Crippen LogP contribution in [-0.2, 0) is 0 Å². The molecule has 0 radical (unpaired) electrons. The lowest BCUT2D eigenvalue weighted by atomic mass is 10.3. The molecule has 0 aliphatic heterocycles. The summed E-state index contributed by atoms with van der Waals surface area (Å²) in [5.74, 6) is 0. The van der Waals surface area contributed by atoms with E-state index in [1.165, 1.54) is 0 Å². The van der Waals surface area contributed by atoms with Crippen LogP contribution in [0.25, 0.3) is 0 Å². The van der Waals surface area contributed by atoms with E-state index in [4.69, 9.17) is 0 Å². The largest absolute Gasteiger partial charge is 0.307 e. The monoisotopic (exact) mass is 125 g/mol. The Morgan fingerprint density at radius 3 is 2.67 bits per heavy atom. The van der Waals surface area contributed by atoms with Gasteiger partial charge >= 0.3 is 0 Å². The highest BCUT2D eigenvalue weighted by atomic mass is 14.9. The van der Waals surface area contributed by atoms with Crippen molar-refractivity contribution in [2.75, 3.05) is 6.54 Å². The fourth-order valence-electron chi connectivity index (χ4n) is 0.419. The predicted octanol–water partition coefficient (Wildman–Crippen LogP) is 1.73. The van der Waals surface area contributed by atoms with Gasteiger partial charge in [-0.3, -0.25) is 0 Å². The predicted molar refractivity (Wildman–Crippen MR) is 42.5 cm³/mol. The second-order valence-corrected chi connectivity index (χ2v) is 2.36. The Bertz CT molecular complexity index is 105. The molecule has 1 unspecified atom stereocenters. The Labute approximate surface area is 57.5 Å². The zero-order chi connectivity index (χ0) is 7.28. The van der Waals surface area contributed by atoms with E-state index in [-0.39, 0.29) is 0 Å². The van der Waals surface area contributed by atoms with Gasteiger partial charge in [0.1, 0.15) is 0 Å². The van der Waals surface area contributed by atoms with Crippen LogP contribution in [0.3, 0.4) is 0 Å². The molecule has 9 heavy (non-hydrogen) atoms. The first kappa shape index (κ1) is 8.44. The topological polar surface area (TPSA) is 12.0 Å². The fourth-order valence-corrected chi connectivity index (χ4v) is 0.419. The number of rotatable bonds is 4. The van der Waals surface area contributed by atoms with Gasteiger partial charge in [0.2, 0.25) is 0 Å². The van der Waals surface area contributed by atoms with Crippen molar-refractivity contribution >= 4 is 0 Å². The second-order valence-electron chi connectivity index (χ2n) is 2.36. The van der Waals surface area contributed by atoms with Crippen LogP contribution in [0.2, 0.25) is 0 Å². The van der Waals surface area contributed by atoms with Crippen molar-refractivity contribution in [3.05, 3.63) is 24.8 Å². The highest BCUT2D eigenvalue weighted by Gasteiger charge is 1.91. The van der Waals surface area contributed by atoms with Crippen LogP contribution in [0.15, 0.2) is 24.8 Å². The molecule has 0 aromatic rings. The van der Waals surface area contributed by atoms with Crippen molar-refractivity contribution in [3.63, 3.8) is 0 Å². The lowest BCUT2D eigenvalue weighted by Gasteiger charge is -2.07. The molecule has 1 N–H and O–H groups in total. The maximum atomic E-state index is 3.76. The lowest BCUT2D eigenvalue weighted by Crippen LogP contribution is -2.24. The summed E-state index contributed by atoms with van der Waals surface area (Å²) >= 11 is 0. The molecule has 1 nitrogen and oxygen atoms in total. The van der Waals surface area contributed by atoms with Crippen molar-refractivity contribution in [2.24, 2.45) is 0 Å². The average molecular weight is 125 g/mol. The number of nitrogens with one attached hydrogen (secondary N) is 1. The SMILES string of the molecule is C=CC(C)NCC(=C)C. The zero-order valence-corrected chi connectivity index (χ0v) is 6.28. The van der Waals surface area contributed by atoms with Crippen molar-refractivity contribution in [1.82, 2.24) is 5.32 Å². The maximum Gasteiger partial charge on any atom is 0.0222 e. The highest BCUT2D eigenvalue weighted by molar-refractivity contribution is 4.93. The summed E-state index contributed by atoms with van der Waals surface area (Å²) in [4.78, 5) is 0. The summed E-state index contributed by atoms with van der Waals surface area (Å²) in [7, 11) is 0. The second kappa shape index (κ2) is 4.33. The lowest BCUT2D eigenvalue weighted by molar-refractivity contribution is 0.673. The normalized spacial score (nSPS) is 12.7. The molecule has 0 rings (SSSR count). The molecular weight excluding hydrogens is 110 g/mol. The molecule has 0 bridgehead atoms. The van der Waals surface area contributed by atoms with E-state index in [0.717, 1.165) is 12.1 Å². The smallest absolute Gasteiger partial charge is 0.0222 e. The van der Waals surface area contributed by atoms with E-state index in [0.29, 0.717) is 6.04 Å². The Kier molecular flexibility index (Phi) is 4.06. The molecule has 0 spiro atoms. The fraction of sp³-hybridized carbons (Fsp3) is 0.500. The molecule has 0 aromatic carbocycles. The minimum atomic E-state index is 0.390. The first-order chi connectivity index (χ1) is 4.16. The molecule has 0 aliphatic carbocycles. The first-order valence-corrected chi connectivity index (χ1v) is 3.17. The summed E-state index contributed by atoms with van der Waals surface area (Å²) in [5, 5.41) is 3.21. The van der Waals surface area contributed by atoms with Crippen molar-refractivity contribution in [2.45, 2.75) is 19.9 Å². The molecule has 0 amide bonds. The van der Waals surface area contributed by atoms with E-state index < -0.39 is 0 Å². The molecule has 0 saturated heterocycles. The van der Waals surface area contributed by atoms with Crippen LogP contribution in [0.5, 0.6) is 0 Å². The zero-order valence-electron chi connectivity index (χ0n) is 6.28. The van der Waals surface area contributed by atoms with Crippen molar-refractivity contribution < 1.29 is 0 Å². The minimum Gasteiger partial charge on any atom is -0.307 e. The van der Waals surface area contributed by atoms with Crippen LogP contribution in [0.1, 0.15) is 13.8 Å². The molecule has 0 saturated carbocycles. The summed E-state index contributed by atoms with van der Waals surface area (Å²) in [6.45, 7) is 12.4. The summed E-state index contributed by atoms with van der Waals surface area (Å²) in [6.07, 6.45) is 1.88. The summed E-state index contributed by atoms with van der Waals surface area (Å²) in [5.41, 5.74) is 1.16. The molecule has 1 heteroatoms. The molecule has 0 fully saturated rings. The van der Waals surface area contributed by atoms with Crippen LogP contribution in [0, 0.1) is 0 Å². The van der Waals surface area contributed by atoms with E-state index in [1.807, 2.05) is 13.0 Å². The molecule has 0 aliphatic rings. The highest BCUT2D eigenvalue weighted by Crippen LogP contribution is 1.85. The first-order valence-electron chi connectivity index (χ1n) is 3.17. The van der Waals surface area contributed by atoms with Gasteiger partial charge in [-0.05, 0) is 13.8 Å². The Morgan fingerprint density at radius 1 is 1.78 bits per heavy atom. The van der Waals surface area contributed by atoms with Gasteiger partial charge in [-0.15, -0.1) is 6.58 Å². The molecular formula is C8H15N. The number of hydrogen-bond acceptors (Lipinski definition) is 1. The van der Waals surface area contributed by atoms with Gasteiger partial charge in [-0.25, -0.2) is 0 Å². The van der Waals surface area contributed by atoms with Gasteiger partial charge in [-0.1, -0.05) is 18.2 Å². The minimum absolute atomic E-state index is 0.390. The standard InChI is InChI=1S/C8H15N/c1-5-8(4)9-6-7(2)3/h5,8-9H,1-2,6H2,3-4H3. The van der Waals surface area contributed by atoms with Gasteiger partial charge in [0, 0.05) is 12.6 Å². The maximum absolute atomic E-state index is 3.76. The van der Waals surface area contributed by atoms with Gasteiger partial charge in [0.15, 0.2) is 0 Å². The Hall–Kier alpha value is -0.560. The third kappa shape index (κ3) is 5.31. The van der Waals surface area contributed by atoms with Crippen LogP contribution in [0.4, 0.5) is 0 Å². The molecule has 0 aromatic heterocycles. The Morgan fingerprint density at radius 2 is 2.33 bits per heavy atom. The van der Waals surface area contributed by atoms with Crippen LogP contribution < -0.4 is 5.32 Å². The Balaban J connectivity index is 3.26. The van der Waals surface area contributed by atoms with Crippen molar-refractivity contribution in [3.8, 4) is 0 Å². The average Bonchev–Trinajstić information content (AvgIpc) is 1.83. The quantitative estimate of drug-likeness (QED) is 0.564. The van der Waals surface area contributed by atoms with Crippen molar-refractivity contribution in [1.29, 1.82) is 0 Å². The van der Waals surface area contributed by atoms with E-state index in [1.54, 1.807) is 0 Å². The van der Waals surface area contributed by atoms with E-state index in [2.05, 4.69) is 25.4 Å². The van der Waals surface area contributed by atoms with Gasteiger partial charge in [-0.2, -0.15) is 0 Å². The molecule has 52 valence electrons. The van der Waals surface area contributed by atoms with Gasteiger partial charge in [0.25, 0.3) is 0 Å². The van der Waals surface area contributed by atoms with Crippen LogP contribution in [-0.4, -0.2) is 12.6 Å². The summed E-state index contributed by atoms with van der Waals surface area (Å²) < 4.78 is 0. The van der Waals surface area contributed by atoms with E-state index in [9.17, 15) is 0 Å². The van der Waals surface area contributed by atoms with E-state index >= 15 is 0 Å². The third-order valence-corrected chi connectivity index (χ3v) is 1.08. The molecule has 0 heterocycles. The van der Waals surface area contributed by atoms with Crippen LogP contribution >= 0.6 is 0 Å². The summed E-state index contributed by atoms with van der Waals surface area (Å²) in [6, 6.07) is 0.390. The third-order valence-electron chi connectivity index (χ3n) is 1.08.